The van der Waals surface area contributed by atoms with Crippen LogP contribution < -0.4 is 4.74 Å². The number of para-hydroxylation sites is 1. The van der Waals surface area contributed by atoms with Gasteiger partial charge in [0.2, 0.25) is 0 Å². The van der Waals surface area contributed by atoms with E-state index in [2.05, 4.69) is 4.90 Å². The fourth-order valence-electron chi connectivity index (χ4n) is 3.56. The molecule has 2 aliphatic rings. The molecule has 122 valence electrons. The standard InChI is InChI=1S/C18H20FNO3/c19-16-5-1-2-6-17(16)22-11-13-12-23-18-10-20(9-15(13)18)8-14-4-3-7-21-14/h1-7,13,15,18H,8-12H2/t13-,15+,18+/m0/s1. The van der Waals surface area contributed by atoms with E-state index >= 15 is 0 Å². The molecule has 4 nitrogen and oxygen atoms in total. The van der Waals surface area contributed by atoms with Crippen LogP contribution in [-0.4, -0.2) is 37.3 Å². The van der Waals surface area contributed by atoms with E-state index < -0.39 is 0 Å². The van der Waals surface area contributed by atoms with E-state index in [1.54, 1.807) is 24.5 Å². The van der Waals surface area contributed by atoms with E-state index in [0.29, 0.717) is 30.8 Å². The van der Waals surface area contributed by atoms with Gasteiger partial charge >= 0.3 is 0 Å². The van der Waals surface area contributed by atoms with Crippen molar-refractivity contribution in [2.24, 2.45) is 11.8 Å². The van der Waals surface area contributed by atoms with E-state index in [4.69, 9.17) is 13.9 Å². The zero-order chi connectivity index (χ0) is 15.6. The molecule has 2 saturated heterocycles. The molecule has 3 atom stereocenters. The largest absolute Gasteiger partial charge is 0.490 e. The monoisotopic (exact) mass is 317 g/mol. The van der Waals surface area contributed by atoms with E-state index in [0.717, 1.165) is 25.4 Å². The van der Waals surface area contributed by atoms with E-state index in [9.17, 15) is 4.39 Å². The first-order valence-electron chi connectivity index (χ1n) is 8.03. The first kappa shape index (κ1) is 14.7. The first-order valence-corrected chi connectivity index (χ1v) is 8.03. The number of rotatable bonds is 5. The van der Waals surface area contributed by atoms with E-state index in [-0.39, 0.29) is 11.9 Å². The molecule has 5 heteroatoms. The molecule has 2 aromatic rings. The molecule has 1 aromatic heterocycles. The summed E-state index contributed by atoms with van der Waals surface area (Å²) in [4.78, 5) is 2.35. The number of ether oxygens (including phenoxy) is 2. The van der Waals surface area contributed by atoms with Crippen LogP contribution in [-0.2, 0) is 11.3 Å². The molecule has 0 N–H and O–H groups in total. The van der Waals surface area contributed by atoms with Gasteiger partial charge in [-0.1, -0.05) is 12.1 Å². The Morgan fingerprint density at radius 1 is 1.17 bits per heavy atom. The third-order valence-corrected chi connectivity index (χ3v) is 4.76. The Labute approximate surface area is 134 Å². The minimum absolute atomic E-state index is 0.249. The predicted molar refractivity (Wildman–Crippen MR) is 82.6 cm³/mol. The van der Waals surface area contributed by atoms with Gasteiger partial charge in [-0.2, -0.15) is 0 Å². The average Bonchev–Trinajstić information content (AvgIpc) is 3.25. The van der Waals surface area contributed by atoms with Crippen LogP contribution in [0.2, 0.25) is 0 Å². The van der Waals surface area contributed by atoms with Crippen molar-refractivity contribution >= 4 is 0 Å². The van der Waals surface area contributed by atoms with Gasteiger partial charge in [0.25, 0.3) is 0 Å². The van der Waals surface area contributed by atoms with Gasteiger partial charge in [0, 0.05) is 24.9 Å². The molecule has 1 aromatic carbocycles. The van der Waals surface area contributed by atoms with Gasteiger partial charge < -0.3 is 13.9 Å². The minimum atomic E-state index is -0.311. The van der Waals surface area contributed by atoms with Gasteiger partial charge in [-0.15, -0.1) is 0 Å². The molecule has 0 radical (unpaired) electrons. The molecule has 3 heterocycles. The second-order valence-corrected chi connectivity index (χ2v) is 6.31. The lowest BCUT2D eigenvalue weighted by atomic mass is 9.94. The Hall–Kier alpha value is -1.85. The second kappa shape index (κ2) is 6.34. The third kappa shape index (κ3) is 3.12. The van der Waals surface area contributed by atoms with Crippen LogP contribution in [0.1, 0.15) is 5.76 Å². The van der Waals surface area contributed by atoms with Crippen LogP contribution in [0, 0.1) is 17.7 Å². The lowest BCUT2D eigenvalue weighted by molar-refractivity contribution is 0.0883. The van der Waals surface area contributed by atoms with Crippen LogP contribution in [0.15, 0.2) is 47.1 Å². The molecule has 2 aliphatic heterocycles. The quantitative estimate of drug-likeness (QED) is 0.849. The van der Waals surface area contributed by atoms with Crippen LogP contribution in [0.25, 0.3) is 0 Å². The fraction of sp³-hybridized carbons (Fsp3) is 0.444. The number of nitrogens with zero attached hydrogens (tertiary/aromatic N) is 1. The van der Waals surface area contributed by atoms with Crippen LogP contribution in [0.3, 0.4) is 0 Å². The summed E-state index contributed by atoms with van der Waals surface area (Å²) in [6, 6.07) is 10.4. The topological polar surface area (TPSA) is 34.8 Å². The molecule has 0 amide bonds. The number of furan rings is 1. The van der Waals surface area contributed by atoms with Crippen LogP contribution in [0.4, 0.5) is 4.39 Å². The summed E-state index contributed by atoms with van der Waals surface area (Å²) in [7, 11) is 0. The minimum Gasteiger partial charge on any atom is -0.490 e. The van der Waals surface area contributed by atoms with Gasteiger partial charge in [-0.05, 0) is 24.3 Å². The lowest BCUT2D eigenvalue weighted by Gasteiger charge is -2.19. The van der Waals surface area contributed by atoms with Crippen molar-refractivity contribution in [3.63, 3.8) is 0 Å². The summed E-state index contributed by atoms with van der Waals surface area (Å²) in [6.07, 6.45) is 1.95. The highest BCUT2D eigenvalue weighted by Crippen LogP contribution is 2.34. The Morgan fingerprint density at radius 3 is 2.91 bits per heavy atom. The molecule has 0 saturated carbocycles. The van der Waals surface area contributed by atoms with Crippen molar-refractivity contribution in [2.75, 3.05) is 26.3 Å². The molecular weight excluding hydrogens is 297 g/mol. The van der Waals surface area contributed by atoms with Crippen LogP contribution >= 0.6 is 0 Å². The Morgan fingerprint density at radius 2 is 2.09 bits per heavy atom. The summed E-state index contributed by atoms with van der Waals surface area (Å²) >= 11 is 0. The highest BCUT2D eigenvalue weighted by molar-refractivity contribution is 5.23. The molecule has 4 rings (SSSR count). The average molecular weight is 317 g/mol. The van der Waals surface area contributed by atoms with Gasteiger partial charge in [-0.3, -0.25) is 4.90 Å². The number of fused-ring (bicyclic) bond motifs is 1. The van der Waals surface area contributed by atoms with Crippen molar-refractivity contribution < 1.29 is 18.3 Å². The normalized spacial score (nSPS) is 27.3. The Balaban J connectivity index is 1.34. The van der Waals surface area contributed by atoms with Gasteiger partial charge in [0.05, 0.1) is 32.1 Å². The smallest absolute Gasteiger partial charge is 0.165 e. The maximum absolute atomic E-state index is 13.6. The van der Waals surface area contributed by atoms with Gasteiger partial charge in [0.15, 0.2) is 11.6 Å². The Kier molecular flexibility index (Phi) is 4.06. The molecule has 23 heavy (non-hydrogen) atoms. The van der Waals surface area contributed by atoms with Crippen molar-refractivity contribution in [2.45, 2.75) is 12.6 Å². The van der Waals surface area contributed by atoms with Crippen molar-refractivity contribution in [3.8, 4) is 5.75 Å². The van der Waals surface area contributed by atoms with Gasteiger partial charge in [-0.25, -0.2) is 4.39 Å². The summed E-state index contributed by atoms with van der Waals surface area (Å²) in [5.41, 5.74) is 0. The molecule has 0 aliphatic carbocycles. The van der Waals surface area contributed by atoms with Crippen molar-refractivity contribution in [1.82, 2.24) is 4.90 Å². The zero-order valence-electron chi connectivity index (χ0n) is 12.9. The zero-order valence-corrected chi connectivity index (χ0v) is 12.9. The van der Waals surface area contributed by atoms with E-state index in [1.807, 2.05) is 12.1 Å². The molecule has 2 fully saturated rings. The second-order valence-electron chi connectivity index (χ2n) is 6.31. The summed E-state index contributed by atoms with van der Waals surface area (Å²) < 4.78 is 30.6. The van der Waals surface area contributed by atoms with Crippen molar-refractivity contribution in [1.29, 1.82) is 0 Å². The summed E-state index contributed by atoms with van der Waals surface area (Å²) in [6.45, 7) is 3.89. The number of hydrogen-bond acceptors (Lipinski definition) is 4. The number of likely N-dealkylation sites (tertiary alicyclic amines) is 1. The van der Waals surface area contributed by atoms with E-state index in [1.165, 1.54) is 6.07 Å². The predicted octanol–water partition coefficient (Wildman–Crippen LogP) is 2.94. The summed E-state index contributed by atoms with van der Waals surface area (Å²) in [5.74, 6) is 1.73. The molecule has 0 unspecified atom stereocenters. The molecule has 0 spiro atoms. The van der Waals surface area contributed by atoms with Gasteiger partial charge in [0.1, 0.15) is 5.76 Å². The first-order chi connectivity index (χ1) is 11.3. The molecule has 0 bridgehead atoms. The number of benzene rings is 1. The van der Waals surface area contributed by atoms with Crippen molar-refractivity contribution in [3.05, 3.63) is 54.2 Å². The SMILES string of the molecule is Fc1ccccc1OC[C@H]1CO[C@@H]2CN(Cc3ccco3)C[C@H]12. The third-order valence-electron chi connectivity index (χ3n) is 4.76. The van der Waals surface area contributed by atoms with Crippen LogP contribution in [0.5, 0.6) is 5.75 Å². The highest BCUT2D eigenvalue weighted by Gasteiger charge is 2.44. The number of hydrogen-bond donors (Lipinski definition) is 0. The lowest BCUT2D eigenvalue weighted by Crippen LogP contribution is -2.26. The Bertz CT molecular complexity index is 645. The maximum atomic E-state index is 13.6. The maximum Gasteiger partial charge on any atom is 0.165 e. The number of halogens is 1. The highest BCUT2D eigenvalue weighted by atomic mass is 19.1. The fourth-order valence-corrected chi connectivity index (χ4v) is 3.56. The molecular formula is C18H20FNO3. The summed E-state index contributed by atoms with van der Waals surface area (Å²) in [5, 5.41) is 0.